The number of carbonyl (C=O) groups excluding carboxylic acids is 2. The van der Waals surface area contributed by atoms with Crippen LogP contribution in [0, 0.1) is 0 Å². The van der Waals surface area contributed by atoms with Crippen LogP contribution in [0.1, 0.15) is 50.2 Å². The fourth-order valence-electron chi connectivity index (χ4n) is 3.90. The highest BCUT2D eigenvalue weighted by Crippen LogP contribution is 2.27. The maximum absolute atomic E-state index is 13.2. The SMILES string of the molecule is C[C@H](C(=O)NC1CCCC1)N(Cc1c(Cl)cccc1Cl)C(=O)CCSCc1ccccc1. The van der Waals surface area contributed by atoms with Crippen molar-refractivity contribution in [1.29, 1.82) is 0 Å². The molecular weight excluding hydrogens is 463 g/mol. The third-order valence-corrected chi connectivity index (χ3v) is 7.57. The summed E-state index contributed by atoms with van der Waals surface area (Å²) >= 11 is 14.4. The van der Waals surface area contributed by atoms with Gasteiger partial charge in [-0.3, -0.25) is 9.59 Å². The first-order valence-electron chi connectivity index (χ1n) is 11.1. The summed E-state index contributed by atoms with van der Waals surface area (Å²) in [4.78, 5) is 27.8. The summed E-state index contributed by atoms with van der Waals surface area (Å²) in [6.45, 7) is 1.99. The third-order valence-electron chi connectivity index (χ3n) is 5.83. The van der Waals surface area contributed by atoms with E-state index >= 15 is 0 Å². The molecule has 3 rings (SSSR count). The largest absolute Gasteiger partial charge is 0.352 e. The molecule has 1 aliphatic rings. The van der Waals surface area contributed by atoms with Gasteiger partial charge in [0, 0.05) is 46.1 Å². The van der Waals surface area contributed by atoms with Crippen molar-refractivity contribution < 1.29 is 9.59 Å². The van der Waals surface area contributed by atoms with Crippen molar-refractivity contribution in [3.05, 3.63) is 69.7 Å². The second-order valence-corrected chi connectivity index (χ2v) is 10.1. The molecule has 0 aliphatic heterocycles. The topological polar surface area (TPSA) is 49.4 Å². The van der Waals surface area contributed by atoms with Crippen molar-refractivity contribution in [2.75, 3.05) is 5.75 Å². The highest BCUT2D eigenvalue weighted by atomic mass is 35.5. The van der Waals surface area contributed by atoms with Crippen LogP contribution in [0.25, 0.3) is 0 Å². The summed E-state index contributed by atoms with van der Waals surface area (Å²) in [5.41, 5.74) is 1.90. The van der Waals surface area contributed by atoms with E-state index < -0.39 is 6.04 Å². The monoisotopic (exact) mass is 492 g/mol. The van der Waals surface area contributed by atoms with Crippen molar-refractivity contribution in [3.8, 4) is 0 Å². The summed E-state index contributed by atoms with van der Waals surface area (Å²) in [5, 5.41) is 4.11. The molecule has 1 fully saturated rings. The molecule has 1 aliphatic carbocycles. The van der Waals surface area contributed by atoms with Gasteiger partial charge in [0.15, 0.2) is 0 Å². The molecular formula is C25H30Cl2N2O2S. The van der Waals surface area contributed by atoms with Crippen LogP contribution in [-0.4, -0.2) is 34.6 Å². The van der Waals surface area contributed by atoms with Crippen LogP contribution in [0.4, 0.5) is 0 Å². The molecule has 0 spiro atoms. The van der Waals surface area contributed by atoms with E-state index in [1.807, 2.05) is 18.2 Å². The van der Waals surface area contributed by atoms with Crippen LogP contribution in [0.3, 0.4) is 0 Å². The number of nitrogens with one attached hydrogen (secondary N) is 1. The Balaban J connectivity index is 1.65. The number of nitrogens with zero attached hydrogens (tertiary/aromatic N) is 1. The van der Waals surface area contributed by atoms with Gasteiger partial charge >= 0.3 is 0 Å². The van der Waals surface area contributed by atoms with Crippen LogP contribution in [-0.2, 0) is 21.9 Å². The summed E-state index contributed by atoms with van der Waals surface area (Å²) in [6, 6.07) is 15.1. The van der Waals surface area contributed by atoms with Crippen molar-refractivity contribution >= 4 is 46.8 Å². The van der Waals surface area contributed by atoms with Crippen molar-refractivity contribution in [2.45, 2.75) is 63.4 Å². The fraction of sp³-hybridized carbons (Fsp3) is 0.440. The molecule has 0 heterocycles. The summed E-state index contributed by atoms with van der Waals surface area (Å²) in [6.07, 6.45) is 4.62. The summed E-state index contributed by atoms with van der Waals surface area (Å²) < 4.78 is 0. The lowest BCUT2D eigenvalue weighted by Crippen LogP contribution is -2.49. The van der Waals surface area contributed by atoms with Crippen LogP contribution in [0.15, 0.2) is 48.5 Å². The molecule has 0 saturated heterocycles. The first kappa shape index (κ1) is 24.9. The Bertz CT molecular complexity index is 884. The maximum atomic E-state index is 13.2. The zero-order valence-corrected chi connectivity index (χ0v) is 20.7. The number of carbonyl (C=O) groups is 2. The molecule has 1 saturated carbocycles. The normalized spacial score (nSPS) is 14.8. The molecule has 2 aromatic carbocycles. The summed E-state index contributed by atoms with van der Waals surface area (Å²) in [7, 11) is 0. The van der Waals surface area contributed by atoms with Gasteiger partial charge in [-0.1, -0.05) is 72.4 Å². The molecule has 32 heavy (non-hydrogen) atoms. The van der Waals surface area contributed by atoms with E-state index in [2.05, 4.69) is 17.4 Å². The Morgan fingerprint density at radius 1 is 1.06 bits per heavy atom. The van der Waals surface area contributed by atoms with Crippen molar-refractivity contribution in [3.63, 3.8) is 0 Å². The van der Waals surface area contributed by atoms with E-state index in [4.69, 9.17) is 23.2 Å². The van der Waals surface area contributed by atoms with E-state index in [0.717, 1.165) is 31.4 Å². The first-order valence-corrected chi connectivity index (χ1v) is 13.0. The molecule has 2 amide bonds. The second kappa shape index (κ2) is 12.5. The number of thioether (sulfide) groups is 1. The average Bonchev–Trinajstić information content (AvgIpc) is 3.30. The minimum atomic E-state index is -0.602. The van der Waals surface area contributed by atoms with Gasteiger partial charge in [0.05, 0.1) is 0 Å². The standard InChI is InChI=1S/C25H30Cl2N2O2S/c1-18(25(31)28-20-10-5-6-11-20)29(16-21-22(26)12-7-13-23(21)27)24(30)14-15-32-17-19-8-3-2-4-9-19/h2-4,7-9,12-13,18,20H,5-6,10-11,14-17H2,1H3,(H,28,31)/t18-/m1/s1. The van der Waals surface area contributed by atoms with Gasteiger partial charge in [-0.05, 0) is 37.5 Å². The number of amides is 2. The number of rotatable bonds is 10. The lowest BCUT2D eigenvalue weighted by molar-refractivity contribution is -0.140. The molecule has 7 heteroatoms. The van der Waals surface area contributed by atoms with Gasteiger partial charge in [-0.2, -0.15) is 11.8 Å². The predicted molar refractivity (Wildman–Crippen MR) is 134 cm³/mol. The van der Waals surface area contributed by atoms with Gasteiger partial charge in [-0.15, -0.1) is 0 Å². The summed E-state index contributed by atoms with van der Waals surface area (Å²) in [5.74, 6) is 1.33. The molecule has 0 unspecified atom stereocenters. The van der Waals surface area contributed by atoms with Crippen LogP contribution in [0.5, 0.6) is 0 Å². The molecule has 1 atom stereocenters. The smallest absolute Gasteiger partial charge is 0.242 e. The molecule has 1 N–H and O–H groups in total. The molecule has 172 valence electrons. The quantitative estimate of drug-likeness (QED) is 0.408. The molecule has 4 nitrogen and oxygen atoms in total. The Morgan fingerprint density at radius 3 is 2.38 bits per heavy atom. The van der Waals surface area contributed by atoms with Gasteiger partial charge in [0.1, 0.15) is 6.04 Å². The van der Waals surface area contributed by atoms with Gasteiger partial charge in [0.2, 0.25) is 11.8 Å². The average molecular weight is 494 g/mol. The van der Waals surface area contributed by atoms with Crippen LogP contribution < -0.4 is 5.32 Å². The Kier molecular flexibility index (Phi) is 9.76. The lowest BCUT2D eigenvalue weighted by atomic mass is 10.1. The van der Waals surface area contributed by atoms with Crippen LogP contribution >= 0.6 is 35.0 Å². The Labute approximate surface area is 205 Å². The second-order valence-electron chi connectivity index (χ2n) is 8.18. The Hall–Kier alpha value is -1.69. The predicted octanol–water partition coefficient (Wildman–Crippen LogP) is 6.09. The highest BCUT2D eigenvalue weighted by molar-refractivity contribution is 7.98. The minimum Gasteiger partial charge on any atom is -0.352 e. The number of hydrogen-bond acceptors (Lipinski definition) is 3. The van der Waals surface area contributed by atoms with Gasteiger partial charge in [-0.25, -0.2) is 0 Å². The molecule has 0 bridgehead atoms. The molecule has 0 aromatic heterocycles. The van der Waals surface area contributed by atoms with E-state index in [1.54, 1.807) is 41.8 Å². The number of benzene rings is 2. The number of hydrogen-bond donors (Lipinski definition) is 1. The van der Waals surface area contributed by atoms with Crippen LogP contribution in [0.2, 0.25) is 10.0 Å². The number of halogens is 2. The fourth-order valence-corrected chi connectivity index (χ4v) is 5.30. The highest BCUT2D eigenvalue weighted by Gasteiger charge is 2.29. The molecule has 2 aromatic rings. The molecule has 0 radical (unpaired) electrons. The van der Waals surface area contributed by atoms with E-state index in [1.165, 1.54) is 5.56 Å². The zero-order valence-electron chi connectivity index (χ0n) is 18.4. The van der Waals surface area contributed by atoms with E-state index in [-0.39, 0.29) is 24.4 Å². The lowest BCUT2D eigenvalue weighted by Gasteiger charge is -2.30. The Morgan fingerprint density at radius 2 is 1.72 bits per heavy atom. The van der Waals surface area contributed by atoms with Crippen molar-refractivity contribution in [1.82, 2.24) is 10.2 Å². The van der Waals surface area contributed by atoms with Crippen molar-refractivity contribution in [2.24, 2.45) is 0 Å². The zero-order chi connectivity index (χ0) is 22.9. The van der Waals surface area contributed by atoms with E-state index in [0.29, 0.717) is 27.8 Å². The van der Waals surface area contributed by atoms with Gasteiger partial charge < -0.3 is 10.2 Å². The van der Waals surface area contributed by atoms with Gasteiger partial charge in [0.25, 0.3) is 0 Å². The minimum absolute atomic E-state index is 0.0735. The third kappa shape index (κ3) is 7.16. The van der Waals surface area contributed by atoms with E-state index in [9.17, 15) is 9.59 Å². The first-order chi connectivity index (χ1) is 15.5. The maximum Gasteiger partial charge on any atom is 0.242 e.